The minimum absolute atomic E-state index is 0.0402. The average Bonchev–Trinajstić information content (AvgIpc) is 3.36. The summed E-state index contributed by atoms with van der Waals surface area (Å²) in [4.78, 5) is 24.3. The number of hydrogen-bond acceptors (Lipinski definition) is 13. The van der Waals surface area contributed by atoms with Crippen LogP contribution in [0.5, 0.6) is 0 Å². The van der Waals surface area contributed by atoms with Crippen molar-refractivity contribution < 1.29 is 43.8 Å². The molecular weight excluding hydrogens is 430 g/mol. The second kappa shape index (κ2) is 7.55. The molecule has 0 spiro atoms. The summed E-state index contributed by atoms with van der Waals surface area (Å²) in [6.45, 7) is 0. The monoisotopic (exact) mass is 453 g/mol. The lowest BCUT2D eigenvalue weighted by atomic mass is 9.84. The number of nitrogens with zero attached hydrogens (tertiary/aromatic N) is 4. The number of hydrogen-bond donors (Lipinski definition) is 4. The normalized spacial score (nSPS) is 41.3. The fourth-order valence-corrected chi connectivity index (χ4v) is 4.64. The van der Waals surface area contributed by atoms with Crippen molar-refractivity contribution in [2.75, 3.05) is 20.0 Å². The Labute approximate surface area is 180 Å². The van der Waals surface area contributed by atoms with Gasteiger partial charge in [-0.15, -0.1) is 0 Å². The van der Waals surface area contributed by atoms with Gasteiger partial charge in [0.15, 0.2) is 23.8 Å². The van der Waals surface area contributed by atoms with E-state index in [9.17, 15) is 20.1 Å². The van der Waals surface area contributed by atoms with Crippen molar-refractivity contribution in [3.63, 3.8) is 0 Å². The van der Waals surface area contributed by atoms with Crippen molar-refractivity contribution in [3.8, 4) is 0 Å². The number of fused-ring (bicyclic) bond motifs is 3. The van der Waals surface area contributed by atoms with Gasteiger partial charge in [0, 0.05) is 13.5 Å². The van der Waals surface area contributed by atoms with Gasteiger partial charge in [-0.25, -0.2) is 19.7 Å². The number of methoxy groups -OCH3 is 2. The molecule has 174 valence electrons. The van der Waals surface area contributed by atoms with Crippen LogP contribution in [-0.2, 0) is 28.5 Å². The van der Waals surface area contributed by atoms with Crippen molar-refractivity contribution in [1.82, 2.24) is 19.5 Å². The van der Waals surface area contributed by atoms with E-state index in [4.69, 9.17) is 24.7 Å². The zero-order valence-corrected chi connectivity index (χ0v) is 17.1. The average molecular weight is 453 g/mol. The van der Waals surface area contributed by atoms with Crippen LogP contribution in [0, 0.1) is 0 Å². The Balaban J connectivity index is 1.47. The largest absolute Gasteiger partial charge is 0.467 e. The van der Waals surface area contributed by atoms with E-state index < -0.39 is 60.7 Å². The molecule has 0 aliphatic carbocycles. The first kappa shape index (κ1) is 21.4. The molecule has 14 nitrogen and oxygen atoms in total. The van der Waals surface area contributed by atoms with Gasteiger partial charge in [-0.3, -0.25) is 4.57 Å². The SMILES string of the molecule is COC(=O)[C@H]1O[C@@H]2C[C@H]3O[C@@H](n4cnc5c(N)ncnc54)[C@H](OC)[C@H]3O[C@]2(O)[C@@H](O)[C@@H]1O. The van der Waals surface area contributed by atoms with Crippen LogP contribution >= 0.6 is 0 Å². The minimum Gasteiger partial charge on any atom is -0.467 e. The second-order valence-electron chi connectivity index (χ2n) is 7.92. The van der Waals surface area contributed by atoms with Crippen LogP contribution in [-0.4, -0.2) is 104 Å². The van der Waals surface area contributed by atoms with Crippen LogP contribution in [0.25, 0.3) is 11.2 Å². The highest BCUT2D eigenvalue weighted by atomic mass is 16.7. The highest BCUT2D eigenvalue weighted by molar-refractivity contribution is 5.81. The maximum atomic E-state index is 12.0. The molecular formula is C18H23N5O9. The van der Waals surface area contributed by atoms with Gasteiger partial charge in [0.1, 0.15) is 42.4 Å². The van der Waals surface area contributed by atoms with Gasteiger partial charge in [-0.05, 0) is 0 Å². The van der Waals surface area contributed by atoms with Crippen molar-refractivity contribution in [2.24, 2.45) is 0 Å². The number of anilines is 1. The van der Waals surface area contributed by atoms with E-state index in [0.29, 0.717) is 11.2 Å². The molecule has 0 saturated carbocycles. The molecule has 3 aliphatic rings. The highest BCUT2D eigenvalue weighted by Crippen LogP contribution is 2.46. The van der Waals surface area contributed by atoms with Gasteiger partial charge in [0.05, 0.1) is 19.5 Å². The molecule has 3 aliphatic heterocycles. The van der Waals surface area contributed by atoms with Gasteiger partial charge in [-0.2, -0.15) is 0 Å². The molecule has 2 aromatic heterocycles. The summed E-state index contributed by atoms with van der Waals surface area (Å²) in [6, 6.07) is 0. The smallest absolute Gasteiger partial charge is 0.337 e. The molecule has 0 unspecified atom stereocenters. The number of nitrogens with two attached hydrogens (primary N) is 1. The summed E-state index contributed by atoms with van der Waals surface area (Å²) < 4.78 is 29.4. The molecule has 0 amide bonds. The number of carbonyl (C=O) groups excluding carboxylic acids is 1. The number of carbonyl (C=O) groups is 1. The van der Waals surface area contributed by atoms with E-state index in [2.05, 4.69) is 19.7 Å². The molecule has 5 rings (SSSR count). The van der Waals surface area contributed by atoms with Gasteiger partial charge < -0.3 is 44.7 Å². The van der Waals surface area contributed by atoms with Crippen molar-refractivity contribution in [1.29, 1.82) is 0 Å². The molecule has 0 bridgehead atoms. The number of nitrogen functional groups attached to an aromatic ring is 1. The van der Waals surface area contributed by atoms with Crippen LogP contribution in [0.15, 0.2) is 12.7 Å². The first-order valence-corrected chi connectivity index (χ1v) is 9.91. The number of aliphatic hydroxyl groups excluding tert-OH is 2. The Hall–Kier alpha value is -2.46. The molecule has 14 heteroatoms. The molecule has 2 aromatic rings. The maximum absolute atomic E-state index is 12.0. The molecule has 5 heterocycles. The lowest BCUT2D eigenvalue weighted by molar-refractivity contribution is -0.397. The number of ether oxygens (including phenoxy) is 5. The third-order valence-corrected chi connectivity index (χ3v) is 6.25. The number of aromatic nitrogens is 4. The molecule has 0 aromatic carbocycles. The third-order valence-electron chi connectivity index (χ3n) is 6.25. The summed E-state index contributed by atoms with van der Waals surface area (Å²) in [7, 11) is 2.57. The quantitative estimate of drug-likeness (QED) is 0.355. The van der Waals surface area contributed by atoms with Crippen molar-refractivity contribution in [3.05, 3.63) is 12.7 Å². The minimum atomic E-state index is -2.30. The topological polar surface area (TPSA) is 194 Å². The molecule has 3 saturated heterocycles. The fourth-order valence-electron chi connectivity index (χ4n) is 4.64. The van der Waals surface area contributed by atoms with Gasteiger partial charge in [0.25, 0.3) is 0 Å². The standard InChI is InChI=1S/C18H23N5O9/c1-28-12-10-6(30-16(12)23-5-22-8-14(19)20-4-21-15(8)23)3-7-18(27,32-10)13(25)9(24)11(31-7)17(26)29-2/h4-7,9-13,16,24-25,27H,3H2,1-2H3,(H2,19,20,21)/t6-,7-,9-,10+,11+,12-,13+,16-,18+/m1/s1. The van der Waals surface area contributed by atoms with E-state index in [1.807, 2.05) is 0 Å². The van der Waals surface area contributed by atoms with Crippen LogP contribution < -0.4 is 5.73 Å². The fraction of sp³-hybridized carbons (Fsp3) is 0.667. The Morgan fingerprint density at radius 2 is 2.06 bits per heavy atom. The zero-order chi connectivity index (χ0) is 22.8. The van der Waals surface area contributed by atoms with Crippen LogP contribution in [0.3, 0.4) is 0 Å². The zero-order valence-electron chi connectivity index (χ0n) is 17.1. The molecule has 3 fully saturated rings. The summed E-state index contributed by atoms with van der Waals surface area (Å²) in [5, 5.41) is 32.1. The van der Waals surface area contributed by atoms with Crippen LogP contribution in [0.4, 0.5) is 5.82 Å². The van der Waals surface area contributed by atoms with Crippen molar-refractivity contribution >= 4 is 23.0 Å². The third kappa shape index (κ3) is 2.92. The summed E-state index contributed by atoms with van der Waals surface area (Å²) in [5.74, 6) is -2.99. The number of rotatable bonds is 3. The first-order chi connectivity index (χ1) is 15.3. The predicted octanol–water partition coefficient (Wildman–Crippen LogP) is -2.54. The second-order valence-corrected chi connectivity index (χ2v) is 7.92. The molecule has 5 N–H and O–H groups in total. The maximum Gasteiger partial charge on any atom is 0.337 e. The predicted molar refractivity (Wildman–Crippen MR) is 102 cm³/mol. The number of imidazole rings is 1. The molecule has 0 radical (unpaired) electrons. The van der Waals surface area contributed by atoms with E-state index >= 15 is 0 Å². The van der Waals surface area contributed by atoms with Crippen LogP contribution in [0.1, 0.15) is 12.6 Å². The Morgan fingerprint density at radius 3 is 2.78 bits per heavy atom. The Kier molecular flexibility index (Phi) is 5.05. The number of aliphatic hydroxyl groups is 3. The highest BCUT2D eigenvalue weighted by Gasteiger charge is 2.65. The lowest BCUT2D eigenvalue weighted by Gasteiger charge is -2.52. The molecule has 9 atom stereocenters. The van der Waals surface area contributed by atoms with E-state index in [-0.39, 0.29) is 12.2 Å². The van der Waals surface area contributed by atoms with Crippen molar-refractivity contribution in [2.45, 2.75) is 61.2 Å². The summed E-state index contributed by atoms with van der Waals surface area (Å²) in [5.41, 5.74) is 6.66. The van der Waals surface area contributed by atoms with E-state index in [0.717, 1.165) is 7.11 Å². The summed E-state index contributed by atoms with van der Waals surface area (Å²) >= 11 is 0. The Morgan fingerprint density at radius 1 is 1.28 bits per heavy atom. The molecule has 32 heavy (non-hydrogen) atoms. The van der Waals surface area contributed by atoms with Gasteiger partial charge >= 0.3 is 5.97 Å². The van der Waals surface area contributed by atoms with Crippen LogP contribution in [0.2, 0.25) is 0 Å². The van der Waals surface area contributed by atoms with Gasteiger partial charge in [0.2, 0.25) is 5.79 Å². The number of esters is 1. The van der Waals surface area contributed by atoms with Gasteiger partial charge in [-0.1, -0.05) is 0 Å². The van der Waals surface area contributed by atoms with E-state index in [1.165, 1.54) is 19.8 Å². The lowest BCUT2D eigenvalue weighted by Crippen LogP contribution is -2.72. The summed E-state index contributed by atoms with van der Waals surface area (Å²) in [6.07, 6.45) is -6.47. The first-order valence-electron chi connectivity index (χ1n) is 9.91. The Bertz CT molecular complexity index is 1040. The van der Waals surface area contributed by atoms with E-state index in [1.54, 1.807) is 4.57 Å².